The van der Waals surface area contributed by atoms with E-state index >= 15 is 0 Å². The minimum atomic E-state index is -0.444. The molecule has 0 N–H and O–H groups in total. The molecule has 1 aromatic heterocycles. The Labute approximate surface area is 170 Å². The quantitative estimate of drug-likeness (QED) is 0.478. The van der Waals surface area contributed by atoms with Crippen LogP contribution in [0.15, 0.2) is 42.5 Å². The van der Waals surface area contributed by atoms with Gasteiger partial charge in [-0.1, -0.05) is 35.1 Å². The molecule has 4 rings (SSSR count). The number of hydrogen-bond acceptors (Lipinski definition) is 6. The molecule has 1 fully saturated rings. The number of fused-ring (bicyclic) bond motifs is 1. The van der Waals surface area contributed by atoms with Gasteiger partial charge in [-0.05, 0) is 23.8 Å². The van der Waals surface area contributed by atoms with Gasteiger partial charge in [0.2, 0.25) is 5.91 Å². The maximum Gasteiger partial charge on any atom is 0.269 e. The van der Waals surface area contributed by atoms with Crippen LogP contribution in [0.3, 0.4) is 0 Å². The van der Waals surface area contributed by atoms with Gasteiger partial charge in [0.25, 0.3) is 5.69 Å². The van der Waals surface area contributed by atoms with E-state index in [1.165, 1.54) is 12.1 Å². The van der Waals surface area contributed by atoms with E-state index in [9.17, 15) is 14.9 Å². The number of carbonyl (C=O) groups excluding carboxylic acids is 1. The Kier molecular flexibility index (Phi) is 5.15. The van der Waals surface area contributed by atoms with Gasteiger partial charge < -0.3 is 9.80 Å². The molecule has 0 atom stereocenters. The van der Waals surface area contributed by atoms with Gasteiger partial charge in [-0.15, -0.1) is 0 Å². The third-order valence-electron chi connectivity index (χ3n) is 4.74. The number of halogens is 1. The lowest BCUT2D eigenvalue weighted by Crippen LogP contribution is -2.49. The van der Waals surface area contributed by atoms with E-state index in [0.717, 1.165) is 34.0 Å². The monoisotopic (exact) mass is 416 g/mol. The van der Waals surface area contributed by atoms with E-state index in [4.69, 9.17) is 11.6 Å². The second-order valence-electron chi connectivity index (χ2n) is 6.58. The molecule has 1 saturated heterocycles. The fourth-order valence-electron chi connectivity index (χ4n) is 3.19. The number of anilines is 1. The number of rotatable bonds is 4. The summed E-state index contributed by atoms with van der Waals surface area (Å²) in [7, 11) is 0. The smallest absolute Gasteiger partial charge is 0.269 e. The topological polar surface area (TPSA) is 79.6 Å². The molecule has 0 saturated carbocycles. The largest absolute Gasteiger partial charge is 0.345 e. The van der Waals surface area contributed by atoms with Crippen LogP contribution in [0.5, 0.6) is 0 Å². The Morgan fingerprint density at radius 2 is 1.86 bits per heavy atom. The van der Waals surface area contributed by atoms with Crippen molar-refractivity contribution in [2.75, 3.05) is 31.1 Å². The van der Waals surface area contributed by atoms with Crippen LogP contribution in [-0.4, -0.2) is 46.9 Å². The van der Waals surface area contributed by atoms with Crippen molar-refractivity contribution in [2.45, 2.75) is 6.42 Å². The molecule has 0 bridgehead atoms. The zero-order valence-electron chi connectivity index (χ0n) is 14.9. The van der Waals surface area contributed by atoms with E-state index in [2.05, 4.69) is 9.88 Å². The van der Waals surface area contributed by atoms with Gasteiger partial charge >= 0.3 is 0 Å². The van der Waals surface area contributed by atoms with Gasteiger partial charge in [-0.3, -0.25) is 14.9 Å². The summed E-state index contributed by atoms with van der Waals surface area (Å²) in [6.45, 7) is 2.70. The first kappa shape index (κ1) is 18.6. The van der Waals surface area contributed by atoms with E-state index in [-0.39, 0.29) is 18.0 Å². The maximum absolute atomic E-state index is 12.6. The van der Waals surface area contributed by atoms with Gasteiger partial charge in [0.15, 0.2) is 5.13 Å². The number of aromatic nitrogens is 1. The first-order valence-electron chi connectivity index (χ1n) is 8.82. The highest BCUT2D eigenvalue weighted by molar-refractivity contribution is 7.22. The van der Waals surface area contributed by atoms with Crippen molar-refractivity contribution in [2.24, 2.45) is 0 Å². The zero-order valence-corrected chi connectivity index (χ0v) is 16.4. The average Bonchev–Trinajstić information content (AvgIpc) is 3.11. The summed E-state index contributed by atoms with van der Waals surface area (Å²) in [5.41, 5.74) is 1.74. The Morgan fingerprint density at radius 1 is 1.14 bits per heavy atom. The Balaban J connectivity index is 1.36. The molecule has 28 heavy (non-hydrogen) atoms. The Hall–Kier alpha value is -2.71. The highest BCUT2D eigenvalue weighted by Gasteiger charge is 2.23. The van der Waals surface area contributed by atoms with Crippen molar-refractivity contribution in [3.63, 3.8) is 0 Å². The van der Waals surface area contributed by atoms with E-state index in [0.29, 0.717) is 18.1 Å². The predicted octanol–water partition coefficient (Wildman–Crippen LogP) is 3.75. The summed E-state index contributed by atoms with van der Waals surface area (Å²) < 4.78 is 1.05. The molecule has 9 heteroatoms. The number of nitrogens with zero attached hydrogens (tertiary/aromatic N) is 4. The molecular formula is C19H17ClN4O3S. The molecule has 0 unspecified atom stereocenters. The van der Waals surface area contributed by atoms with Gasteiger partial charge in [-0.25, -0.2) is 4.98 Å². The third-order valence-corrected chi connectivity index (χ3v) is 6.06. The minimum Gasteiger partial charge on any atom is -0.345 e. The molecule has 0 spiro atoms. The van der Waals surface area contributed by atoms with Crippen LogP contribution in [0.25, 0.3) is 10.2 Å². The summed E-state index contributed by atoms with van der Waals surface area (Å²) in [6, 6.07) is 11.8. The van der Waals surface area contributed by atoms with Gasteiger partial charge in [0.1, 0.15) is 0 Å². The second kappa shape index (κ2) is 7.73. The lowest BCUT2D eigenvalue weighted by molar-refractivity contribution is -0.384. The maximum atomic E-state index is 12.6. The zero-order chi connectivity index (χ0) is 19.7. The summed E-state index contributed by atoms with van der Waals surface area (Å²) in [5, 5.41) is 12.4. The van der Waals surface area contributed by atoms with Crippen LogP contribution < -0.4 is 4.90 Å². The molecule has 0 radical (unpaired) electrons. The Bertz CT molecular complexity index is 1030. The van der Waals surface area contributed by atoms with Crippen molar-refractivity contribution in [1.82, 2.24) is 9.88 Å². The molecule has 1 amide bonds. The number of hydrogen-bond donors (Lipinski definition) is 0. The van der Waals surface area contributed by atoms with Crippen molar-refractivity contribution >= 4 is 49.9 Å². The van der Waals surface area contributed by atoms with E-state index in [1.807, 2.05) is 23.1 Å². The standard InChI is InChI=1S/C19H17ClN4O3S/c20-14-3-6-16-17(12-14)28-19(21-16)23-9-7-22(8-10-23)18(25)11-13-1-4-15(5-2-13)24(26)27/h1-6,12H,7-11H2. The summed E-state index contributed by atoms with van der Waals surface area (Å²) in [4.78, 5) is 31.5. The lowest BCUT2D eigenvalue weighted by Gasteiger charge is -2.34. The minimum absolute atomic E-state index is 0.0296. The fourth-order valence-corrected chi connectivity index (χ4v) is 4.48. The van der Waals surface area contributed by atoms with Crippen LogP contribution in [0.2, 0.25) is 5.02 Å². The highest BCUT2D eigenvalue weighted by atomic mass is 35.5. The van der Waals surface area contributed by atoms with Crippen LogP contribution in [0.4, 0.5) is 10.8 Å². The number of amides is 1. The molecule has 3 aromatic rings. The molecule has 1 aliphatic rings. The van der Waals surface area contributed by atoms with Crippen LogP contribution >= 0.6 is 22.9 Å². The van der Waals surface area contributed by atoms with Crippen molar-refractivity contribution in [3.8, 4) is 0 Å². The van der Waals surface area contributed by atoms with Crippen LogP contribution in [0, 0.1) is 10.1 Å². The van der Waals surface area contributed by atoms with Gasteiger partial charge in [0, 0.05) is 43.3 Å². The molecule has 2 aromatic carbocycles. The van der Waals surface area contributed by atoms with E-state index < -0.39 is 4.92 Å². The number of non-ortho nitro benzene ring substituents is 1. The fraction of sp³-hybridized carbons (Fsp3) is 0.263. The molecule has 1 aliphatic heterocycles. The van der Waals surface area contributed by atoms with Crippen molar-refractivity contribution in [1.29, 1.82) is 0 Å². The molecule has 2 heterocycles. The Morgan fingerprint density at radius 3 is 2.54 bits per heavy atom. The number of carbonyl (C=O) groups is 1. The SMILES string of the molecule is O=C(Cc1ccc([N+](=O)[O-])cc1)N1CCN(c2nc3ccc(Cl)cc3s2)CC1. The van der Waals surface area contributed by atoms with Gasteiger partial charge in [0.05, 0.1) is 21.6 Å². The van der Waals surface area contributed by atoms with Crippen molar-refractivity contribution in [3.05, 3.63) is 63.2 Å². The number of nitro groups is 1. The molecular weight excluding hydrogens is 400 g/mol. The predicted molar refractivity (Wildman–Crippen MR) is 110 cm³/mol. The summed E-state index contributed by atoms with van der Waals surface area (Å²) >= 11 is 7.65. The number of nitro benzene ring substituents is 1. The number of thiazole rings is 1. The molecule has 0 aliphatic carbocycles. The third kappa shape index (κ3) is 3.93. The number of piperazine rings is 1. The van der Waals surface area contributed by atoms with E-state index in [1.54, 1.807) is 23.5 Å². The van der Waals surface area contributed by atoms with Crippen LogP contribution in [-0.2, 0) is 11.2 Å². The summed E-state index contributed by atoms with van der Waals surface area (Å²) in [5.74, 6) is 0.0320. The first-order chi connectivity index (χ1) is 13.5. The first-order valence-corrected chi connectivity index (χ1v) is 10.0. The lowest BCUT2D eigenvalue weighted by atomic mass is 10.1. The number of benzene rings is 2. The second-order valence-corrected chi connectivity index (χ2v) is 8.02. The molecule has 144 valence electrons. The summed E-state index contributed by atoms with van der Waals surface area (Å²) in [6.07, 6.45) is 0.248. The van der Waals surface area contributed by atoms with Gasteiger partial charge in [-0.2, -0.15) is 0 Å². The van der Waals surface area contributed by atoms with Crippen LogP contribution in [0.1, 0.15) is 5.56 Å². The average molecular weight is 417 g/mol. The van der Waals surface area contributed by atoms with Crippen molar-refractivity contribution < 1.29 is 9.72 Å². The molecule has 7 nitrogen and oxygen atoms in total. The normalized spacial score (nSPS) is 14.5. The highest BCUT2D eigenvalue weighted by Crippen LogP contribution is 2.31.